The second kappa shape index (κ2) is 12.7. The molecule has 1 saturated carbocycles. The zero-order valence-electron chi connectivity index (χ0n) is 25.2. The lowest BCUT2D eigenvalue weighted by Crippen LogP contribution is -2.52. The van der Waals surface area contributed by atoms with Crippen LogP contribution in [-0.2, 0) is 11.3 Å². The van der Waals surface area contributed by atoms with Gasteiger partial charge in [-0.2, -0.15) is 0 Å². The Balaban J connectivity index is 1.02. The number of likely N-dealkylation sites (tertiary alicyclic amines) is 1. The van der Waals surface area contributed by atoms with Gasteiger partial charge in [0.05, 0.1) is 26.8 Å². The van der Waals surface area contributed by atoms with Crippen LogP contribution in [0.3, 0.4) is 0 Å². The quantitative estimate of drug-likeness (QED) is 0.272. The highest BCUT2D eigenvalue weighted by molar-refractivity contribution is 7.22. The molecule has 3 aromatic heterocycles. The average molecular weight is 630 g/mol. The number of hydrogen-bond donors (Lipinski definition) is 2. The highest BCUT2D eigenvalue weighted by Crippen LogP contribution is 2.39. The molecule has 1 atom stereocenters. The van der Waals surface area contributed by atoms with E-state index in [0.29, 0.717) is 18.0 Å². The molecule has 7 rings (SSSR count). The highest BCUT2D eigenvalue weighted by Gasteiger charge is 2.34. The largest absolute Gasteiger partial charge is 0.453 e. The summed E-state index contributed by atoms with van der Waals surface area (Å²) >= 11 is 1.48. The van der Waals surface area contributed by atoms with Crippen LogP contribution >= 0.6 is 11.3 Å². The number of rotatable bonds is 8. The molecule has 45 heavy (non-hydrogen) atoms. The first-order chi connectivity index (χ1) is 21.9. The molecule has 1 aromatic carbocycles. The summed E-state index contributed by atoms with van der Waals surface area (Å²) in [6, 6.07) is 11.9. The standard InChI is InChI=1S/C33H36FN7O3S/c1-39-13-15-40(16-14-39)32(42)27-3-2-12-41(27)20-21-4-8-25(36-19-21)30-18-26-31(45-30)29(10-11-35-26)44-28-9-7-23(17-24(28)34)38-33(43)37-22-5-6-22/h4,7-11,17-19,22,27H,2-3,5-6,12-16,20H2,1H3,(H2,37,38,43)/t27-/m0/s1. The zero-order chi connectivity index (χ0) is 30.9. The summed E-state index contributed by atoms with van der Waals surface area (Å²) < 4.78 is 21.7. The summed E-state index contributed by atoms with van der Waals surface area (Å²) in [5.74, 6) is 0.219. The van der Waals surface area contributed by atoms with Gasteiger partial charge in [-0.25, -0.2) is 9.18 Å². The average Bonchev–Trinajstić information content (AvgIpc) is 3.53. The lowest BCUT2D eigenvalue weighted by molar-refractivity contribution is -0.137. The number of likely N-dealkylation sites (N-methyl/N-ethyl adjacent to an activating group) is 1. The van der Waals surface area contributed by atoms with Crippen LogP contribution in [0.1, 0.15) is 31.2 Å². The number of carbonyl (C=O) groups is 2. The van der Waals surface area contributed by atoms with Gasteiger partial charge in [0, 0.05) is 69.0 Å². The smallest absolute Gasteiger partial charge is 0.319 e. The molecule has 3 fully saturated rings. The number of benzene rings is 1. The SMILES string of the molecule is CN1CCN(C(=O)[C@@H]2CCCN2Cc2ccc(-c3cc4nccc(Oc5ccc(NC(=O)NC6CC6)cc5F)c4s3)nc2)CC1. The topological polar surface area (TPSA) is 103 Å². The number of nitrogens with one attached hydrogen (secondary N) is 2. The van der Waals surface area contributed by atoms with Crippen molar-refractivity contribution in [3.63, 3.8) is 0 Å². The minimum Gasteiger partial charge on any atom is -0.453 e. The molecule has 5 heterocycles. The predicted octanol–water partition coefficient (Wildman–Crippen LogP) is 5.31. The molecule has 0 radical (unpaired) electrons. The van der Waals surface area contributed by atoms with Crippen molar-refractivity contribution < 1.29 is 18.7 Å². The van der Waals surface area contributed by atoms with Gasteiger partial charge in [-0.15, -0.1) is 11.3 Å². The molecule has 4 aromatic rings. The van der Waals surface area contributed by atoms with Gasteiger partial charge in [0.2, 0.25) is 5.91 Å². The number of fused-ring (bicyclic) bond motifs is 1. The van der Waals surface area contributed by atoms with E-state index in [0.717, 1.165) is 84.8 Å². The van der Waals surface area contributed by atoms with Gasteiger partial charge >= 0.3 is 6.03 Å². The highest BCUT2D eigenvalue weighted by atomic mass is 32.1. The number of amides is 3. The van der Waals surface area contributed by atoms with Crippen molar-refractivity contribution in [3.05, 3.63) is 66.2 Å². The van der Waals surface area contributed by atoms with Crippen LogP contribution in [0, 0.1) is 5.82 Å². The van der Waals surface area contributed by atoms with Gasteiger partial charge < -0.3 is 25.2 Å². The van der Waals surface area contributed by atoms with Gasteiger partial charge in [0.1, 0.15) is 5.75 Å². The summed E-state index contributed by atoms with van der Waals surface area (Å²) in [5, 5.41) is 5.48. The second-order valence-electron chi connectivity index (χ2n) is 12.1. The number of thiophene rings is 1. The molecule has 2 N–H and O–H groups in total. The maximum Gasteiger partial charge on any atom is 0.319 e. The lowest BCUT2D eigenvalue weighted by atomic mass is 10.1. The van der Waals surface area contributed by atoms with Crippen molar-refractivity contribution in [3.8, 4) is 22.1 Å². The normalized spacial score (nSPS) is 19.2. The van der Waals surface area contributed by atoms with Crippen LogP contribution < -0.4 is 15.4 Å². The van der Waals surface area contributed by atoms with E-state index in [-0.39, 0.29) is 29.8 Å². The number of nitrogens with zero attached hydrogens (tertiary/aromatic N) is 5. The molecule has 234 valence electrons. The number of pyridine rings is 2. The third kappa shape index (κ3) is 6.77. The van der Waals surface area contributed by atoms with E-state index in [1.807, 2.05) is 23.2 Å². The van der Waals surface area contributed by atoms with E-state index in [9.17, 15) is 14.0 Å². The fourth-order valence-corrected chi connectivity index (χ4v) is 6.95. The number of carbonyl (C=O) groups excluding carboxylic acids is 2. The van der Waals surface area contributed by atoms with Crippen molar-refractivity contribution in [1.82, 2.24) is 30.0 Å². The molecule has 0 unspecified atom stereocenters. The fraction of sp³-hybridized carbons (Fsp3) is 0.394. The number of anilines is 1. The monoisotopic (exact) mass is 629 g/mol. The van der Waals surface area contributed by atoms with Crippen molar-refractivity contribution in [1.29, 1.82) is 0 Å². The molecule has 12 heteroatoms. The van der Waals surface area contributed by atoms with Crippen molar-refractivity contribution in [2.24, 2.45) is 0 Å². The lowest BCUT2D eigenvalue weighted by Gasteiger charge is -2.35. The van der Waals surface area contributed by atoms with Gasteiger partial charge in [0.15, 0.2) is 11.6 Å². The minimum absolute atomic E-state index is 0.0550. The van der Waals surface area contributed by atoms with E-state index in [4.69, 9.17) is 9.72 Å². The van der Waals surface area contributed by atoms with Crippen molar-refractivity contribution >= 4 is 39.2 Å². The Labute approximate surface area is 265 Å². The van der Waals surface area contributed by atoms with Gasteiger partial charge in [-0.1, -0.05) is 6.07 Å². The van der Waals surface area contributed by atoms with Gasteiger partial charge in [-0.3, -0.25) is 19.7 Å². The first-order valence-corrected chi connectivity index (χ1v) is 16.3. The third-order valence-corrected chi connectivity index (χ3v) is 9.79. The number of urea groups is 1. The molecule has 2 aliphatic heterocycles. The summed E-state index contributed by atoms with van der Waals surface area (Å²) in [6.45, 7) is 5.04. The number of piperazine rings is 1. The van der Waals surface area contributed by atoms with Crippen LogP contribution in [-0.4, -0.2) is 88.5 Å². The number of hydrogen-bond acceptors (Lipinski definition) is 8. The van der Waals surface area contributed by atoms with E-state index in [1.165, 1.54) is 23.5 Å². The number of ether oxygens (including phenoxy) is 1. The Bertz CT molecular complexity index is 1700. The maximum atomic E-state index is 14.9. The van der Waals surface area contributed by atoms with Gasteiger partial charge in [0.25, 0.3) is 0 Å². The summed E-state index contributed by atoms with van der Waals surface area (Å²) in [5.41, 5.74) is 2.97. The molecule has 3 amide bonds. The Kier molecular flexibility index (Phi) is 8.35. The Morgan fingerprint density at radius 2 is 1.84 bits per heavy atom. The first-order valence-electron chi connectivity index (χ1n) is 15.5. The van der Waals surface area contributed by atoms with Crippen LogP contribution in [0.5, 0.6) is 11.5 Å². The van der Waals surface area contributed by atoms with Crippen molar-refractivity contribution in [2.75, 3.05) is 45.1 Å². The molecule has 3 aliphatic rings. The first kappa shape index (κ1) is 29.6. The second-order valence-corrected chi connectivity index (χ2v) is 13.1. The van der Waals surface area contributed by atoms with Crippen LogP contribution in [0.25, 0.3) is 20.8 Å². The maximum absolute atomic E-state index is 14.9. The van der Waals surface area contributed by atoms with Crippen molar-refractivity contribution in [2.45, 2.75) is 44.3 Å². The minimum atomic E-state index is -0.580. The third-order valence-electron chi connectivity index (χ3n) is 8.62. The van der Waals surface area contributed by atoms with E-state index < -0.39 is 5.82 Å². The summed E-state index contributed by atoms with van der Waals surface area (Å²) in [4.78, 5) is 42.0. The van der Waals surface area contributed by atoms with Crippen LogP contribution in [0.2, 0.25) is 0 Å². The fourth-order valence-electron chi connectivity index (χ4n) is 5.91. The van der Waals surface area contributed by atoms with Crippen LogP contribution in [0.15, 0.2) is 54.9 Å². The van der Waals surface area contributed by atoms with E-state index in [1.54, 1.807) is 18.3 Å². The Hall–Kier alpha value is -4.13. The van der Waals surface area contributed by atoms with E-state index in [2.05, 4.69) is 38.5 Å². The molecule has 1 aliphatic carbocycles. The number of aromatic nitrogens is 2. The number of halogens is 1. The molecule has 2 saturated heterocycles. The molecule has 0 bridgehead atoms. The summed E-state index contributed by atoms with van der Waals surface area (Å²) in [6.07, 6.45) is 7.39. The Morgan fingerprint density at radius 1 is 1.00 bits per heavy atom. The molecular formula is C33H36FN7O3S. The molecule has 10 nitrogen and oxygen atoms in total. The van der Waals surface area contributed by atoms with Gasteiger partial charge in [-0.05, 0) is 69.1 Å². The van der Waals surface area contributed by atoms with E-state index >= 15 is 0 Å². The molecule has 0 spiro atoms. The summed E-state index contributed by atoms with van der Waals surface area (Å²) in [7, 11) is 2.10. The van der Waals surface area contributed by atoms with Crippen LogP contribution in [0.4, 0.5) is 14.9 Å². The molecular weight excluding hydrogens is 593 g/mol. The predicted molar refractivity (Wildman–Crippen MR) is 172 cm³/mol. The Morgan fingerprint density at radius 3 is 2.60 bits per heavy atom. The zero-order valence-corrected chi connectivity index (χ0v) is 26.0.